The van der Waals surface area contributed by atoms with Crippen LogP contribution >= 0.6 is 0 Å². The van der Waals surface area contributed by atoms with E-state index in [9.17, 15) is 4.79 Å². The van der Waals surface area contributed by atoms with Crippen molar-refractivity contribution in [3.05, 3.63) is 0 Å². The van der Waals surface area contributed by atoms with Gasteiger partial charge in [0.2, 0.25) is 5.91 Å². The summed E-state index contributed by atoms with van der Waals surface area (Å²) in [6.45, 7) is 3.74. The van der Waals surface area contributed by atoms with E-state index in [1.54, 1.807) is 0 Å². The molecule has 11 heavy (non-hydrogen) atoms. The molecule has 62 valence electrons. The predicted molar refractivity (Wildman–Crippen MR) is 45.7 cm³/mol. The SMILES string of the molecule is CC(C)=NC(=O)C1CCCC1. The lowest BCUT2D eigenvalue weighted by atomic mass is 10.1. The molecule has 0 saturated heterocycles. The maximum absolute atomic E-state index is 11.3. The Morgan fingerprint density at radius 1 is 1.27 bits per heavy atom. The van der Waals surface area contributed by atoms with Crippen molar-refractivity contribution in [3.63, 3.8) is 0 Å². The van der Waals surface area contributed by atoms with Crippen LogP contribution < -0.4 is 0 Å². The van der Waals surface area contributed by atoms with Crippen LogP contribution in [0, 0.1) is 5.92 Å². The Morgan fingerprint density at radius 3 is 2.27 bits per heavy atom. The van der Waals surface area contributed by atoms with E-state index in [-0.39, 0.29) is 11.8 Å². The first-order valence-electron chi connectivity index (χ1n) is 4.26. The van der Waals surface area contributed by atoms with Gasteiger partial charge in [-0.05, 0) is 26.7 Å². The van der Waals surface area contributed by atoms with E-state index in [4.69, 9.17) is 0 Å². The summed E-state index contributed by atoms with van der Waals surface area (Å²) >= 11 is 0. The molecule has 2 heteroatoms. The fourth-order valence-electron chi connectivity index (χ4n) is 1.48. The van der Waals surface area contributed by atoms with Gasteiger partial charge < -0.3 is 0 Å². The van der Waals surface area contributed by atoms with E-state index in [0.29, 0.717) is 0 Å². The molecule has 0 radical (unpaired) electrons. The van der Waals surface area contributed by atoms with Gasteiger partial charge in [-0.1, -0.05) is 12.8 Å². The van der Waals surface area contributed by atoms with Gasteiger partial charge in [-0.2, -0.15) is 0 Å². The number of aliphatic imine (C=N–C) groups is 1. The van der Waals surface area contributed by atoms with E-state index in [1.165, 1.54) is 12.8 Å². The number of hydrogen-bond donors (Lipinski definition) is 0. The molecular formula is C9H15NO. The van der Waals surface area contributed by atoms with Crippen LogP contribution in [0.1, 0.15) is 39.5 Å². The van der Waals surface area contributed by atoms with Gasteiger partial charge in [-0.3, -0.25) is 4.79 Å². The quantitative estimate of drug-likeness (QED) is 0.531. The van der Waals surface area contributed by atoms with Crippen LogP contribution in [0.5, 0.6) is 0 Å². The third-order valence-electron chi connectivity index (χ3n) is 2.04. The highest BCUT2D eigenvalue weighted by Crippen LogP contribution is 2.25. The molecule has 0 unspecified atom stereocenters. The molecule has 0 aliphatic heterocycles. The minimum atomic E-state index is 0.0995. The monoisotopic (exact) mass is 153 g/mol. The topological polar surface area (TPSA) is 29.4 Å². The summed E-state index contributed by atoms with van der Waals surface area (Å²) < 4.78 is 0. The molecule has 0 aromatic rings. The molecule has 0 aromatic carbocycles. The van der Waals surface area contributed by atoms with Gasteiger partial charge >= 0.3 is 0 Å². The Balaban J connectivity index is 2.47. The average molecular weight is 153 g/mol. The molecule has 1 rings (SSSR count). The summed E-state index contributed by atoms with van der Waals surface area (Å²) in [6, 6.07) is 0. The summed E-state index contributed by atoms with van der Waals surface area (Å²) in [5.41, 5.74) is 0.877. The first-order valence-corrected chi connectivity index (χ1v) is 4.26. The van der Waals surface area contributed by atoms with Crippen LogP contribution in [-0.2, 0) is 4.79 Å². The van der Waals surface area contributed by atoms with Crippen molar-refractivity contribution in [1.29, 1.82) is 0 Å². The second-order valence-corrected chi connectivity index (χ2v) is 3.38. The van der Waals surface area contributed by atoms with Crippen LogP contribution in [0.25, 0.3) is 0 Å². The lowest BCUT2D eigenvalue weighted by molar-refractivity contribution is -0.121. The van der Waals surface area contributed by atoms with Crippen LogP contribution in [0.15, 0.2) is 4.99 Å². The Morgan fingerprint density at radius 2 is 1.82 bits per heavy atom. The van der Waals surface area contributed by atoms with Crippen molar-refractivity contribution in [3.8, 4) is 0 Å². The van der Waals surface area contributed by atoms with Crippen LogP contribution in [0.2, 0.25) is 0 Å². The normalized spacial score (nSPS) is 18.4. The molecule has 0 N–H and O–H groups in total. The van der Waals surface area contributed by atoms with E-state index in [2.05, 4.69) is 4.99 Å². The minimum Gasteiger partial charge on any atom is -0.272 e. The van der Waals surface area contributed by atoms with Crippen molar-refractivity contribution in [2.45, 2.75) is 39.5 Å². The van der Waals surface area contributed by atoms with Gasteiger partial charge in [0.1, 0.15) is 0 Å². The first kappa shape index (κ1) is 8.44. The molecule has 0 aromatic heterocycles. The van der Waals surface area contributed by atoms with E-state index in [1.807, 2.05) is 13.8 Å². The molecule has 1 amide bonds. The summed E-state index contributed by atoms with van der Waals surface area (Å²) in [5.74, 6) is 0.340. The van der Waals surface area contributed by atoms with Crippen LogP contribution in [-0.4, -0.2) is 11.6 Å². The van der Waals surface area contributed by atoms with Crippen molar-refractivity contribution in [2.24, 2.45) is 10.9 Å². The van der Waals surface area contributed by atoms with Gasteiger partial charge in [0, 0.05) is 11.6 Å². The fourth-order valence-corrected chi connectivity index (χ4v) is 1.48. The lowest BCUT2D eigenvalue weighted by Gasteiger charge is -2.01. The number of amides is 1. The van der Waals surface area contributed by atoms with Gasteiger partial charge in [0.15, 0.2) is 0 Å². The first-order chi connectivity index (χ1) is 5.20. The lowest BCUT2D eigenvalue weighted by Crippen LogP contribution is -2.08. The molecule has 1 aliphatic rings. The summed E-state index contributed by atoms with van der Waals surface area (Å²) in [6.07, 6.45) is 4.51. The highest BCUT2D eigenvalue weighted by molar-refractivity contribution is 5.94. The molecule has 1 aliphatic carbocycles. The maximum Gasteiger partial charge on any atom is 0.248 e. The molecule has 1 saturated carbocycles. The predicted octanol–water partition coefficient (Wildman–Crippen LogP) is 2.18. The number of hydrogen-bond acceptors (Lipinski definition) is 1. The van der Waals surface area contributed by atoms with Crippen molar-refractivity contribution in [2.75, 3.05) is 0 Å². The van der Waals surface area contributed by atoms with Crippen molar-refractivity contribution in [1.82, 2.24) is 0 Å². The van der Waals surface area contributed by atoms with Crippen molar-refractivity contribution < 1.29 is 4.79 Å². The molecule has 0 spiro atoms. The molecule has 0 heterocycles. The van der Waals surface area contributed by atoms with Crippen molar-refractivity contribution >= 4 is 11.6 Å². The van der Waals surface area contributed by atoms with Gasteiger partial charge in [0.25, 0.3) is 0 Å². The highest BCUT2D eigenvalue weighted by Gasteiger charge is 2.21. The Hall–Kier alpha value is -0.660. The number of carbonyl (C=O) groups excluding carboxylic acids is 1. The van der Waals surface area contributed by atoms with E-state index < -0.39 is 0 Å². The summed E-state index contributed by atoms with van der Waals surface area (Å²) in [5, 5.41) is 0. The smallest absolute Gasteiger partial charge is 0.248 e. The molecule has 0 atom stereocenters. The Kier molecular flexibility index (Phi) is 2.80. The van der Waals surface area contributed by atoms with Crippen LogP contribution in [0.3, 0.4) is 0 Å². The Labute approximate surface area is 67.7 Å². The van der Waals surface area contributed by atoms with Gasteiger partial charge in [0.05, 0.1) is 0 Å². The molecule has 0 bridgehead atoms. The minimum absolute atomic E-state index is 0.0995. The largest absolute Gasteiger partial charge is 0.272 e. The summed E-state index contributed by atoms with van der Waals surface area (Å²) in [4.78, 5) is 15.2. The maximum atomic E-state index is 11.3. The molecule has 1 fully saturated rings. The molecule has 2 nitrogen and oxygen atoms in total. The third kappa shape index (κ3) is 2.45. The third-order valence-corrected chi connectivity index (χ3v) is 2.04. The second kappa shape index (κ2) is 3.65. The zero-order valence-electron chi connectivity index (χ0n) is 7.26. The standard InChI is InChI=1S/C9H15NO/c1-7(2)10-9(11)8-5-3-4-6-8/h8H,3-6H2,1-2H3. The zero-order valence-corrected chi connectivity index (χ0v) is 7.26. The van der Waals surface area contributed by atoms with Gasteiger partial charge in [-0.15, -0.1) is 0 Å². The average Bonchev–Trinajstić information content (AvgIpc) is 2.35. The number of nitrogens with zero attached hydrogens (tertiary/aromatic N) is 1. The van der Waals surface area contributed by atoms with E-state index >= 15 is 0 Å². The number of carbonyl (C=O) groups is 1. The van der Waals surface area contributed by atoms with E-state index in [0.717, 1.165) is 18.6 Å². The fraction of sp³-hybridized carbons (Fsp3) is 0.778. The second-order valence-electron chi connectivity index (χ2n) is 3.38. The summed E-state index contributed by atoms with van der Waals surface area (Å²) in [7, 11) is 0. The van der Waals surface area contributed by atoms with Gasteiger partial charge in [-0.25, -0.2) is 4.99 Å². The highest BCUT2D eigenvalue weighted by atomic mass is 16.1. The molecular weight excluding hydrogens is 138 g/mol. The number of rotatable bonds is 1. The zero-order chi connectivity index (χ0) is 8.27. The Bertz CT molecular complexity index is 174. The van der Waals surface area contributed by atoms with Crippen LogP contribution in [0.4, 0.5) is 0 Å².